The van der Waals surface area contributed by atoms with Gasteiger partial charge >= 0.3 is 0 Å². The summed E-state index contributed by atoms with van der Waals surface area (Å²) in [5, 5.41) is 3.11. The molecule has 7 nitrogen and oxygen atoms in total. The van der Waals surface area contributed by atoms with E-state index in [2.05, 4.69) is 22.3 Å². The second-order valence-electron chi connectivity index (χ2n) is 9.14. The smallest absolute Gasteiger partial charge is 0.253 e. The Morgan fingerprint density at radius 1 is 1.00 bits per heavy atom. The zero-order chi connectivity index (χ0) is 24.0. The van der Waals surface area contributed by atoms with E-state index in [0.29, 0.717) is 31.9 Å². The number of nitrogens with one attached hydrogen (secondary N) is 1. The van der Waals surface area contributed by atoms with Crippen LogP contribution < -0.4 is 10.2 Å². The molecule has 2 heterocycles. The van der Waals surface area contributed by atoms with Crippen LogP contribution in [0.15, 0.2) is 53.4 Å². The lowest BCUT2D eigenvalue weighted by atomic mass is 10.0. The topological polar surface area (TPSA) is 79.0 Å². The van der Waals surface area contributed by atoms with Crippen LogP contribution in [0.25, 0.3) is 0 Å². The summed E-state index contributed by atoms with van der Waals surface area (Å²) < 4.78 is 33.3. The van der Waals surface area contributed by atoms with Crippen LogP contribution in [0.3, 0.4) is 0 Å². The fraction of sp³-hybridized carbons (Fsp3) is 0.500. The summed E-state index contributed by atoms with van der Waals surface area (Å²) in [7, 11) is -3.69. The van der Waals surface area contributed by atoms with Gasteiger partial charge in [0.05, 0.1) is 23.7 Å². The van der Waals surface area contributed by atoms with E-state index in [0.717, 1.165) is 44.5 Å². The van der Waals surface area contributed by atoms with Gasteiger partial charge in [-0.2, -0.15) is 4.31 Å². The van der Waals surface area contributed by atoms with E-state index in [-0.39, 0.29) is 16.8 Å². The number of hydrogen-bond donors (Lipinski definition) is 1. The van der Waals surface area contributed by atoms with Gasteiger partial charge in [-0.1, -0.05) is 30.3 Å². The third-order valence-electron chi connectivity index (χ3n) is 6.60. The lowest BCUT2D eigenvalue weighted by molar-refractivity contribution is 0.0730. The van der Waals surface area contributed by atoms with Crippen LogP contribution in [-0.2, 0) is 21.2 Å². The Balaban J connectivity index is 1.55. The highest BCUT2D eigenvalue weighted by Crippen LogP contribution is 2.29. The minimum absolute atomic E-state index is 0.0404. The number of rotatable bonds is 8. The van der Waals surface area contributed by atoms with Crippen molar-refractivity contribution in [1.82, 2.24) is 9.62 Å². The number of hydrogen-bond acceptors (Lipinski definition) is 5. The molecular weight excluding hydrogens is 450 g/mol. The molecule has 2 aromatic rings. The molecule has 1 atom stereocenters. The molecule has 2 saturated heterocycles. The molecule has 8 heteroatoms. The fourth-order valence-corrected chi connectivity index (χ4v) is 6.04. The standard InChI is InChI=1S/C26H35N3O4S/c1-21(10-11-22-8-4-2-5-9-22)27-26(30)24-20-23(34(31,32)29-16-18-33-19-17-29)12-13-25(24)28-14-6-3-7-15-28/h2,4-5,8-9,12-13,20-21H,3,6-7,10-11,14-19H2,1H3,(H,27,30). The van der Waals surface area contributed by atoms with E-state index < -0.39 is 10.0 Å². The van der Waals surface area contributed by atoms with Gasteiger partial charge in [0.2, 0.25) is 10.0 Å². The van der Waals surface area contributed by atoms with Gasteiger partial charge in [-0.25, -0.2) is 8.42 Å². The van der Waals surface area contributed by atoms with Crippen molar-refractivity contribution in [1.29, 1.82) is 0 Å². The summed E-state index contributed by atoms with van der Waals surface area (Å²) in [6.45, 7) is 5.17. The van der Waals surface area contributed by atoms with E-state index in [4.69, 9.17) is 4.74 Å². The number of anilines is 1. The van der Waals surface area contributed by atoms with Crippen molar-refractivity contribution in [2.75, 3.05) is 44.3 Å². The van der Waals surface area contributed by atoms with Gasteiger partial charge in [0, 0.05) is 37.9 Å². The molecule has 1 N–H and O–H groups in total. The van der Waals surface area contributed by atoms with Crippen molar-refractivity contribution < 1.29 is 17.9 Å². The number of piperidine rings is 1. The number of aryl methyl sites for hydroxylation is 1. The molecule has 0 radical (unpaired) electrons. The summed E-state index contributed by atoms with van der Waals surface area (Å²) in [6, 6.07) is 15.2. The molecule has 4 rings (SSSR count). The molecule has 2 fully saturated rings. The van der Waals surface area contributed by atoms with E-state index in [1.54, 1.807) is 12.1 Å². The van der Waals surface area contributed by atoms with Crippen molar-refractivity contribution in [2.24, 2.45) is 0 Å². The van der Waals surface area contributed by atoms with Gasteiger partial charge in [0.25, 0.3) is 5.91 Å². The summed E-state index contributed by atoms with van der Waals surface area (Å²) in [5.41, 5.74) is 2.48. The SMILES string of the molecule is CC(CCc1ccccc1)NC(=O)c1cc(S(=O)(=O)N2CCOCC2)ccc1N1CCCCC1. The molecule has 2 aromatic carbocycles. The van der Waals surface area contributed by atoms with E-state index in [1.807, 2.05) is 31.2 Å². The first-order chi connectivity index (χ1) is 16.4. The molecule has 0 aliphatic carbocycles. The average molecular weight is 486 g/mol. The summed E-state index contributed by atoms with van der Waals surface area (Å²) in [6.07, 6.45) is 5.00. The molecule has 34 heavy (non-hydrogen) atoms. The van der Waals surface area contributed by atoms with Crippen molar-refractivity contribution in [3.8, 4) is 0 Å². The van der Waals surface area contributed by atoms with Crippen LogP contribution in [0, 0.1) is 0 Å². The average Bonchev–Trinajstić information content (AvgIpc) is 2.88. The normalized spacial score (nSPS) is 18.4. The van der Waals surface area contributed by atoms with Gasteiger partial charge in [0.15, 0.2) is 0 Å². The molecule has 184 valence electrons. The van der Waals surface area contributed by atoms with Crippen LogP contribution in [0.1, 0.15) is 48.5 Å². The third-order valence-corrected chi connectivity index (χ3v) is 8.50. The van der Waals surface area contributed by atoms with Crippen molar-refractivity contribution in [2.45, 2.75) is 50.0 Å². The first kappa shape index (κ1) is 24.7. The minimum atomic E-state index is -3.69. The van der Waals surface area contributed by atoms with Gasteiger partial charge < -0.3 is 15.0 Å². The van der Waals surface area contributed by atoms with Crippen molar-refractivity contribution >= 4 is 21.6 Å². The summed E-state index contributed by atoms with van der Waals surface area (Å²) in [5.74, 6) is -0.222. The Morgan fingerprint density at radius 3 is 2.41 bits per heavy atom. The highest BCUT2D eigenvalue weighted by Gasteiger charge is 2.29. The first-order valence-electron chi connectivity index (χ1n) is 12.3. The number of sulfonamides is 1. The minimum Gasteiger partial charge on any atom is -0.379 e. The van der Waals surface area contributed by atoms with Crippen LogP contribution in [0.5, 0.6) is 0 Å². The zero-order valence-corrected chi connectivity index (χ0v) is 20.7. The predicted octanol–water partition coefficient (Wildman–Crippen LogP) is 3.45. The Morgan fingerprint density at radius 2 is 1.71 bits per heavy atom. The maximum absolute atomic E-state index is 13.4. The molecule has 2 aliphatic rings. The molecular formula is C26H35N3O4S. The maximum atomic E-state index is 13.4. The van der Waals surface area contributed by atoms with E-state index >= 15 is 0 Å². The van der Waals surface area contributed by atoms with Gasteiger partial charge in [-0.3, -0.25) is 4.79 Å². The number of carbonyl (C=O) groups excluding carboxylic acids is 1. The Kier molecular flexibility index (Phi) is 8.24. The first-order valence-corrected chi connectivity index (χ1v) is 13.7. The highest BCUT2D eigenvalue weighted by molar-refractivity contribution is 7.89. The number of carbonyl (C=O) groups is 1. The second kappa shape index (κ2) is 11.3. The molecule has 1 amide bonds. The Bertz CT molecular complexity index is 1060. The van der Waals surface area contributed by atoms with Crippen LogP contribution in [-0.4, -0.2) is 64.1 Å². The van der Waals surface area contributed by atoms with Crippen molar-refractivity contribution in [3.63, 3.8) is 0 Å². The number of morpholine rings is 1. The number of amides is 1. The quantitative estimate of drug-likeness (QED) is 0.620. The lowest BCUT2D eigenvalue weighted by Gasteiger charge is -2.31. The molecule has 0 aromatic heterocycles. The van der Waals surface area contributed by atoms with Crippen molar-refractivity contribution in [3.05, 3.63) is 59.7 Å². The van der Waals surface area contributed by atoms with Gasteiger partial charge in [-0.05, 0) is 62.8 Å². The van der Waals surface area contributed by atoms with Gasteiger partial charge in [0.1, 0.15) is 0 Å². The zero-order valence-electron chi connectivity index (χ0n) is 19.9. The molecule has 1 unspecified atom stereocenters. The lowest BCUT2D eigenvalue weighted by Crippen LogP contribution is -2.41. The van der Waals surface area contributed by atoms with Crippen LogP contribution in [0.2, 0.25) is 0 Å². The van der Waals surface area contributed by atoms with Crippen LogP contribution in [0.4, 0.5) is 5.69 Å². The number of ether oxygens (including phenoxy) is 1. The number of benzene rings is 2. The third kappa shape index (κ3) is 5.98. The summed E-state index contributed by atoms with van der Waals surface area (Å²) >= 11 is 0. The second-order valence-corrected chi connectivity index (χ2v) is 11.1. The molecule has 0 saturated carbocycles. The molecule has 2 aliphatic heterocycles. The number of nitrogens with zero attached hydrogens (tertiary/aromatic N) is 2. The van der Waals surface area contributed by atoms with Crippen LogP contribution >= 0.6 is 0 Å². The Labute approximate surface area is 203 Å². The predicted molar refractivity (Wildman–Crippen MR) is 134 cm³/mol. The Hall–Kier alpha value is -2.42. The highest BCUT2D eigenvalue weighted by atomic mass is 32.2. The fourth-order valence-electron chi connectivity index (χ4n) is 4.61. The van der Waals surface area contributed by atoms with E-state index in [9.17, 15) is 13.2 Å². The monoisotopic (exact) mass is 485 g/mol. The largest absolute Gasteiger partial charge is 0.379 e. The summed E-state index contributed by atoms with van der Waals surface area (Å²) in [4.78, 5) is 15.8. The maximum Gasteiger partial charge on any atom is 0.253 e. The molecule has 0 spiro atoms. The van der Waals surface area contributed by atoms with E-state index in [1.165, 1.54) is 16.3 Å². The van der Waals surface area contributed by atoms with Gasteiger partial charge in [-0.15, -0.1) is 0 Å². The molecule has 0 bridgehead atoms.